The second-order valence-corrected chi connectivity index (χ2v) is 6.74. The summed E-state index contributed by atoms with van der Waals surface area (Å²) in [4.78, 5) is 15.5. The van der Waals surface area contributed by atoms with Crippen LogP contribution in [0.1, 0.15) is 11.3 Å². The first-order valence-electron chi connectivity index (χ1n) is 8.83. The number of pyridine rings is 3. The van der Waals surface area contributed by atoms with Crippen LogP contribution in [0.2, 0.25) is 0 Å². The van der Waals surface area contributed by atoms with Gasteiger partial charge in [-0.25, -0.2) is 4.98 Å². The zero-order valence-electron chi connectivity index (χ0n) is 15.4. The van der Waals surface area contributed by atoms with Gasteiger partial charge in [0.25, 0.3) is 0 Å². The van der Waals surface area contributed by atoms with Crippen LogP contribution in [0.4, 0.5) is 11.5 Å². The van der Waals surface area contributed by atoms with Crippen molar-refractivity contribution in [2.75, 3.05) is 24.7 Å². The number of nitrogens with zero attached hydrogens (tertiary/aromatic N) is 4. The zero-order valence-corrected chi connectivity index (χ0v) is 15.4. The molecule has 0 radical (unpaired) electrons. The molecular weight excluding hydrogens is 334 g/mol. The molecule has 5 nitrogen and oxygen atoms in total. The lowest BCUT2D eigenvalue weighted by Gasteiger charge is -2.13. The highest BCUT2D eigenvalue weighted by Crippen LogP contribution is 2.27. The van der Waals surface area contributed by atoms with Gasteiger partial charge in [-0.3, -0.25) is 9.97 Å². The minimum atomic E-state index is 0.502. The molecule has 1 aromatic carbocycles. The first-order valence-corrected chi connectivity index (χ1v) is 8.83. The molecule has 2 N–H and O–H groups in total. The molecule has 27 heavy (non-hydrogen) atoms. The monoisotopic (exact) mass is 355 g/mol. The van der Waals surface area contributed by atoms with E-state index < -0.39 is 0 Å². The fourth-order valence-corrected chi connectivity index (χ4v) is 3.08. The molecule has 5 heteroatoms. The van der Waals surface area contributed by atoms with Crippen molar-refractivity contribution in [2.45, 2.75) is 6.42 Å². The van der Waals surface area contributed by atoms with E-state index in [0.717, 1.165) is 40.0 Å². The highest BCUT2D eigenvalue weighted by Gasteiger charge is 2.09. The number of fused-ring (bicyclic) bond motifs is 1. The normalized spacial score (nSPS) is 10.9. The summed E-state index contributed by atoms with van der Waals surface area (Å²) in [6, 6.07) is 18.3. The number of benzene rings is 1. The van der Waals surface area contributed by atoms with E-state index in [2.05, 4.69) is 39.1 Å². The van der Waals surface area contributed by atoms with Gasteiger partial charge in [0.2, 0.25) is 0 Å². The molecule has 4 aromatic rings. The number of aromatic nitrogens is 3. The summed E-state index contributed by atoms with van der Waals surface area (Å²) in [5.74, 6) is 0.502. The molecule has 0 unspecified atom stereocenters. The van der Waals surface area contributed by atoms with Crippen molar-refractivity contribution in [2.24, 2.45) is 0 Å². The van der Waals surface area contributed by atoms with Gasteiger partial charge < -0.3 is 10.6 Å². The topological polar surface area (TPSA) is 67.9 Å². The summed E-state index contributed by atoms with van der Waals surface area (Å²) >= 11 is 0. The molecule has 0 aliphatic carbocycles. The number of nitrogens with two attached hydrogens (primary N) is 1. The maximum Gasteiger partial charge on any atom is 0.133 e. The van der Waals surface area contributed by atoms with E-state index in [9.17, 15) is 0 Å². The van der Waals surface area contributed by atoms with Gasteiger partial charge in [0.1, 0.15) is 5.82 Å². The van der Waals surface area contributed by atoms with Crippen LogP contribution in [0.25, 0.3) is 22.2 Å². The first kappa shape index (κ1) is 17.0. The van der Waals surface area contributed by atoms with Gasteiger partial charge in [0, 0.05) is 55.2 Å². The van der Waals surface area contributed by atoms with Gasteiger partial charge in [-0.15, -0.1) is 0 Å². The molecule has 0 saturated heterocycles. The Labute approximate surface area is 158 Å². The number of anilines is 2. The number of hydrogen-bond donors (Lipinski definition) is 1. The van der Waals surface area contributed by atoms with Crippen LogP contribution in [0, 0.1) is 0 Å². The maximum absolute atomic E-state index is 6.21. The molecule has 134 valence electrons. The van der Waals surface area contributed by atoms with Crippen LogP contribution in [0.15, 0.2) is 67.0 Å². The highest BCUT2D eigenvalue weighted by atomic mass is 15.1. The molecule has 0 aliphatic heterocycles. The van der Waals surface area contributed by atoms with Gasteiger partial charge in [0.05, 0.1) is 11.2 Å². The van der Waals surface area contributed by atoms with Crippen LogP contribution in [-0.4, -0.2) is 29.0 Å². The molecule has 0 bridgehead atoms. The van der Waals surface area contributed by atoms with E-state index in [0.29, 0.717) is 5.82 Å². The lowest BCUT2D eigenvalue weighted by Crippen LogP contribution is -2.08. The van der Waals surface area contributed by atoms with E-state index in [-0.39, 0.29) is 0 Å². The van der Waals surface area contributed by atoms with Crippen molar-refractivity contribution in [1.29, 1.82) is 0 Å². The van der Waals surface area contributed by atoms with E-state index in [1.165, 1.54) is 5.56 Å². The Morgan fingerprint density at radius 3 is 2.33 bits per heavy atom. The maximum atomic E-state index is 6.21. The highest BCUT2D eigenvalue weighted by molar-refractivity contribution is 5.91. The van der Waals surface area contributed by atoms with Crippen LogP contribution < -0.4 is 10.6 Å². The standard InChI is InChI=1S/C22H21N5/c1-27(2)18-6-3-16(4-7-18)20-14-21-19(22(23)26-20)8-5-17(25-21)13-15-9-11-24-12-10-15/h3-12,14H,13H2,1-2H3,(H2,23,26). The van der Waals surface area contributed by atoms with Crippen molar-refractivity contribution < 1.29 is 0 Å². The van der Waals surface area contributed by atoms with E-state index in [4.69, 9.17) is 10.7 Å². The molecule has 0 fully saturated rings. The molecule has 0 aliphatic rings. The van der Waals surface area contributed by atoms with E-state index >= 15 is 0 Å². The Balaban J connectivity index is 1.72. The molecule has 0 spiro atoms. The summed E-state index contributed by atoms with van der Waals surface area (Å²) in [6.07, 6.45) is 4.36. The molecule has 4 rings (SSSR count). The summed E-state index contributed by atoms with van der Waals surface area (Å²) in [5.41, 5.74) is 12.2. The summed E-state index contributed by atoms with van der Waals surface area (Å²) < 4.78 is 0. The number of rotatable bonds is 4. The van der Waals surface area contributed by atoms with Crippen molar-refractivity contribution in [3.05, 3.63) is 78.2 Å². The van der Waals surface area contributed by atoms with E-state index in [1.54, 1.807) is 12.4 Å². The SMILES string of the molecule is CN(C)c1ccc(-c2cc3nc(Cc4ccncc4)ccc3c(N)n2)cc1. The Hall–Kier alpha value is -3.47. The Morgan fingerprint density at radius 2 is 1.63 bits per heavy atom. The molecule has 0 atom stereocenters. The molecule has 0 amide bonds. The second kappa shape index (κ2) is 7.03. The van der Waals surface area contributed by atoms with Gasteiger partial charge in [0.15, 0.2) is 0 Å². The lowest BCUT2D eigenvalue weighted by molar-refractivity contribution is 1.09. The number of hydrogen-bond acceptors (Lipinski definition) is 5. The molecule has 0 saturated carbocycles. The largest absolute Gasteiger partial charge is 0.383 e. The van der Waals surface area contributed by atoms with E-state index in [1.807, 2.05) is 44.4 Å². The molecular formula is C22H21N5. The Morgan fingerprint density at radius 1 is 0.889 bits per heavy atom. The fourth-order valence-electron chi connectivity index (χ4n) is 3.08. The van der Waals surface area contributed by atoms with Gasteiger partial charge in [-0.05, 0) is 48.0 Å². The zero-order chi connectivity index (χ0) is 18.8. The quantitative estimate of drug-likeness (QED) is 0.601. The summed E-state index contributed by atoms with van der Waals surface area (Å²) in [5, 5.41) is 0.877. The van der Waals surface area contributed by atoms with Crippen molar-refractivity contribution in [3.8, 4) is 11.3 Å². The summed E-state index contributed by atoms with van der Waals surface area (Å²) in [7, 11) is 4.05. The van der Waals surface area contributed by atoms with Gasteiger partial charge in [-0.2, -0.15) is 0 Å². The smallest absolute Gasteiger partial charge is 0.133 e. The minimum Gasteiger partial charge on any atom is -0.383 e. The molecule has 3 heterocycles. The minimum absolute atomic E-state index is 0.502. The predicted octanol–water partition coefficient (Wildman–Crippen LogP) is 3.93. The lowest BCUT2D eigenvalue weighted by atomic mass is 10.1. The molecule has 3 aromatic heterocycles. The second-order valence-electron chi connectivity index (χ2n) is 6.74. The average Bonchev–Trinajstić information content (AvgIpc) is 2.68. The Kier molecular flexibility index (Phi) is 4.42. The van der Waals surface area contributed by atoms with Crippen molar-refractivity contribution >= 4 is 22.4 Å². The summed E-state index contributed by atoms with van der Waals surface area (Å²) in [6.45, 7) is 0. The third kappa shape index (κ3) is 3.58. The number of nitrogen functional groups attached to an aromatic ring is 1. The van der Waals surface area contributed by atoms with Gasteiger partial charge >= 0.3 is 0 Å². The van der Waals surface area contributed by atoms with Crippen LogP contribution in [0.5, 0.6) is 0 Å². The Bertz CT molecular complexity index is 1070. The average molecular weight is 355 g/mol. The predicted molar refractivity (Wildman–Crippen MR) is 111 cm³/mol. The third-order valence-electron chi connectivity index (χ3n) is 4.59. The van der Waals surface area contributed by atoms with Crippen molar-refractivity contribution in [1.82, 2.24) is 15.0 Å². The van der Waals surface area contributed by atoms with Crippen LogP contribution in [0.3, 0.4) is 0 Å². The van der Waals surface area contributed by atoms with Crippen molar-refractivity contribution in [3.63, 3.8) is 0 Å². The fraction of sp³-hybridized carbons (Fsp3) is 0.136. The van der Waals surface area contributed by atoms with Gasteiger partial charge in [-0.1, -0.05) is 12.1 Å². The van der Waals surface area contributed by atoms with Crippen LogP contribution in [-0.2, 0) is 6.42 Å². The third-order valence-corrected chi connectivity index (χ3v) is 4.59. The first-order chi connectivity index (χ1) is 13.1. The van der Waals surface area contributed by atoms with Crippen LogP contribution >= 0.6 is 0 Å².